The summed E-state index contributed by atoms with van der Waals surface area (Å²) in [5, 5.41) is 0. The van der Waals surface area contributed by atoms with Crippen LogP contribution >= 0.6 is 0 Å². The molecule has 0 unspecified atom stereocenters. The molecule has 5 heteroatoms. The van der Waals surface area contributed by atoms with Crippen molar-refractivity contribution in [2.24, 2.45) is 16.5 Å². The molecule has 0 spiro atoms. The molecule has 4 N–H and O–H groups in total. The van der Waals surface area contributed by atoms with Crippen LogP contribution in [0.1, 0.15) is 24.8 Å². The van der Waals surface area contributed by atoms with Crippen LogP contribution in [0.3, 0.4) is 0 Å². The van der Waals surface area contributed by atoms with Gasteiger partial charge in [-0.25, -0.2) is 0 Å². The Morgan fingerprint density at radius 1 is 1.11 bits per heavy atom. The number of nitrogens with two attached hydrogens (primary N) is 2. The van der Waals surface area contributed by atoms with Gasteiger partial charge in [0.05, 0.1) is 13.2 Å². The number of guanidine groups is 1. The summed E-state index contributed by atoms with van der Waals surface area (Å²) < 4.78 is 11.3. The Morgan fingerprint density at radius 3 is 2.68 bits per heavy atom. The Balaban J connectivity index is 1.84. The van der Waals surface area contributed by atoms with Gasteiger partial charge in [0, 0.05) is 13.0 Å². The van der Waals surface area contributed by atoms with E-state index in [-0.39, 0.29) is 5.96 Å². The average Bonchev–Trinajstić information content (AvgIpc) is 2.62. The quantitative estimate of drug-likeness (QED) is 0.478. The first-order chi connectivity index (χ1) is 9.25. The fourth-order valence-electron chi connectivity index (χ4n) is 2.01. The highest BCUT2D eigenvalue weighted by molar-refractivity contribution is 5.75. The van der Waals surface area contributed by atoms with Crippen LogP contribution in [0.25, 0.3) is 0 Å². The van der Waals surface area contributed by atoms with E-state index in [1.54, 1.807) is 0 Å². The third-order valence-corrected chi connectivity index (χ3v) is 2.98. The van der Waals surface area contributed by atoms with Crippen molar-refractivity contribution < 1.29 is 9.47 Å². The summed E-state index contributed by atoms with van der Waals surface area (Å²) >= 11 is 0. The molecule has 0 amide bonds. The number of ether oxygens (including phenoxy) is 2. The van der Waals surface area contributed by atoms with Gasteiger partial charge in [0.2, 0.25) is 0 Å². The normalized spacial score (nSPS) is 13.7. The molecule has 0 atom stereocenters. The Morgan fingerprint density at radius 2 is 1.89 bits per heavy atom. The molecule has 19 heavy (non-hydrogen) atoms. The van der Waals surface area contributed by atoms with Gasteiger partial charge >= 0.3 is 0 Å². The third kappa shape index (κ3) is 4.35. The molecule has 1 aromatic carbocycles. The number of fused-ring (bicyclic) bond motifs is 1. The number of hydrogen-bond donors (Lipinski definition) is 2. The van der Waals surface area contributed by atoms with Crippen molar-refractivity contribution in [3.63, 3.8) is 0 Å². The van der Waals surface area contributed by atoms with Crippen molar-refractivity contribution in [1.82, 2.24) is 0 Å². The summed E-state index contributed by atoms with van der Waals surface area (Å²) in [6.45, 7) is 2.14. The minimum absolute atomic E-state index is 0.163. The van der Waals surface area contributed by atoms with E-state index >= 15 is 0 Å². The highest BCUT2D eigenvalue weighted by Gasteiger charge is 2.10. The topological polar surface area (TPSA) is 82.9 Å². The number of hydrogen-bond acceptors (Lipinski definition) is 3. The Hall–Kier alpha value is -1.91. The van der Waals surface area contributed by atoms with E-state index < -0.39 is 0 Å². The maximum absolute atomic E-state index is 5.67. The predicted octanol–water partition coefficient (Wildman–Crippen LogP) is 1.44. The fourth-order valence-corrected chi connectivity index (χ4v) is 2.01. The van der Waals surface area contributed by atoms with Crippen LogP contribution in [0.4, 0.5) is 0 Å². The third-order valence-electron chi connectivity index (χ3n) is 2.98. The predicted molar refractivity (Wildman–Crippen MR) is 75.7 cm³/mol. The van der Waals surface area contributed by atoms with Gasteiger partial charge in [-0.05, 0) is 37.0 Å². The summed E-state index contributed by atoms with van der Waals surface area (Å²) in [6, 6.07) is 6.15. The number of unbranched alkanes of at least 4 members (excludes halogenated alkanes) is 1. The first-order valence-corrected chi connectivity index (χ1v) is 6.69. The van der Waals surface area contributed by atoms with E-state index in [1.165, 1.54) is 5.56 Å². The van der Waals surface area contributed by atoms with Crippen molar-refractivity contribution in [3.05, 3.63) is 23.8 Å². The molecule has 0 aliphatic carbocycles. The van der Waals surface area contributed by atoms with Gasteiger partial charge in [0.25, 0.3) is 0 Å². The smallest absolute Gasteiger partial charge is 0.185 e. The standard InChI is InChI=1S/C14H21N3O2/c15-14(16)17-7-2-1-4-11-5-6-12-13(10-11)19-9-3-8-18-12/h5-6,10H,1-4,7-9H2,(H4,15,16,17). The molecule has 1 aromatic rings. The Labute approximate surface area is 113 Å². The monoisotopic (exact) mass is 263 g/mol. The number of rotatable bonds is 5. The van der Waals surface area contributed by atoms with Crippen LogP contribution in [-0.4, -0.2) is 25.7 Å². The molecule has 0 bridgehead atoms. The van der Waals surface area contributed by atoms with Crippen molar-refractivity contribution >= 4 is 5.96 Å². The van der Waals surface area contributed by atoms with E-state index in [9.17, 15) is 0 Å². The molecule has 0 saturated carbocycles. The van der Waals surface area contributed by atoms with Gasteiger partial charge < -0.3 is 20.9 Å². The second-order valence-corrected chi connectivity index (χ2v) is 4.60. The lowest BCUT2D eigenvalue weighted by Gasteiger charge is -2.09. The van der Waals surface area contributed by atoms with Gasteiger partial charge in [-0.3, -0.25) is 4.99 Å². The van der Waals surface area contributed by atoms with E-state index in [4.69, 9.17) is 20.9 Å². The van der Waals surface area contributed by atoms with Gasteiger partial charge in [0.15, 0.2) is 17.5 Å². The highest BCUT2D eigenvalue weighted by atomic mass is 16.5. The lowest BCUT2D eigenvalue weighted by molar-refractivity contribution is 0.297. The number of benzene rings is 1. The van der Waals surface area contributed by atoms with E-state index in [0.29, 0.717) is 6.54 Å². The SMILES string of the molecule is NC(N)=NCCCCc1ccc2c(c1)OCCCO2. The molecule has 1 heterocycles. The zero-order valence-corrected chi connectivity index (χ0v) is 11.1. The van der Waals surface area contributed by atoms with Gasteiger partial charge in [-0.1, -0.05) is 6.07 Å². The molecule has 0 saturated heterocycles. The molecule has 1 aliphatic rings. The summed E-state index contributed by atoms with van der Waals surface area (Å²) in [4.78, 5) is 3.97. The minimum Gasteiger partial charge on any atom is -0.490 e. The van der Waals surface area contributed by atoms with Crippen LogP contribution in [0, 0.1) is 0 Å². The summed E-state index contributed by atoms with van der Waals surface area (Å²) in [5.74, 6) is 1.87. The van der Waals surface area contributed by atoms with E-state index in [2.05, 4.69) is 17.1 Å². The molecule has 5 nitrogen and oxygen atoms in total. The van der Waals surface area contributed by atoms with Gasteiger partial charge in [0.1, 0.15) is 0 Å². The molecule has 0 aromatic heterocycles. The number of nitrogens with zero attached hydrogens (tertiary/aromatic N) is 1. The largest absolute Gasteiger partial charge is 0.490 e. The molecule has 2 rings (SSSR count). The second-order valence-electron chi connectivity index (χ2n) is 4.60. The molecule has 1 aliphatic heterocycles. The summed E-state index contributed by atoms with van der Waals surface area (Å²) in [7, 11) is 0. The highest BCUT2D eigenvalue weighted by Crippen LogP contribution is 2.30. The van der Waals surface area contributed by atoms with E-state index in [1.807, 2.05) is 6.07 Å². The molecule has 0 fully saturated rings. The first-order valence-electron chi connectivity index (χ1n) is 6.69. The Bertz CT molecular complexity index is 442. The van der Waals surface area contributed by atoms with Crippen LogP contribution in [0.15, 0.2) is 23.2 Å². The van der Waals surface area contributed by atoms with Crippen LogP contribution < -0.4 is 20.9 Å². The molecule has 104 valence electrons. The number of aryl methyl sites for hydroxylation is 1. The lowest BCUT2D eigenvalue weighted by Crippen LogP contribution is -2.22. The first kappa shape index (κ1) is 13.5. The maximum Gasteiger partial charge on any atom is 0.185 e. The zero-order valence-electron chi connectivity index (χ0n) is 11.1. The van der Waals surface area contributed by atoms with Crippen LogP contribution in [-0.2, 0) is 6.42 Å². The Kier molecular flexibility index (Phi) is 4.89. The lowest BCUT2D eigenvalue weighted by atomic mass is 10.1. The fraction of sp³-hybridized carbons (Fsp3) is 0.500. The maximum atomic E-state index is 5.67. The van der Waals surface area contributed by atoms with Crippen LogP contribution in [0.2, 0.25) is 0 Å². The van der Waals surface area contributed by atoms with Gasteiger partial charge in [-0.2, -0.15) is 0 Å². The molecular formula is C14H21N3O2. The van der Waals surface area contributed by atoms with Crippen molar-refractivity contribution in [3.8, 4) is 11.5 Å². The van der Waals surface area contributed by atoms with E-state index in [0.717, 1.165) is 50.4 Å². The van der Waals surface area contributed by atoms with Gasteiger partial charge in [-0.15, -0.1) is 0 Å². The summed E-state index contributed by atoms with van der Waals surface area (Å²) in [5.41, 5.74) is 11.8. The average molecular weight is 263 g/mol. The second kappa shape index (κ2) is 6.87. The summed E-state index contributed by atoms with van der Waals surface area (Å²) in [6.07, 6.45) is 3.96. The van der Waals surface area contributed by atoms with Crippen molar-refractivity contribution in [1.29, 1.82) is 0 Å². The zero-order chi connectivity index (χ0) is 13.5. The minimum atomic E-state index is 0.163. The molecular weight excluding hydrogens is 242 g/mol. The molecule has 0 radical (unpaired) electrons. The van der Waals surface area contributed by atoms with Crippen LogP contribution in [0.5, 0.6) is 11.5 Å². The number of aliphatic imine (C=N–C) groups is 1. The van der Waals surface area contributed by atoms with Crippen molar-refractivity contribution in [2.75, 3.05) is 19.8 Å². The van der Waals surface area contributed by atoms with Crippen molar-refractivity contribution in [2.45, 2.75) is 25.7 Å².